The van der Waals surface area contributed by atoms with Crippen molar-refractivity contribution in [1.82, 2.24) is 9.97 Å². The molecule has 4 fully saturated rings. The van der Waals surface area contributed by atoms with Gasteiger partial charge >= 0.3 is 6.18 Å². The molecule has 10 heteroatoms. The lowest BCUT2D eigenvalue weighted by atomic mass is 9.52. The summed E-state index contributed by atoms with van der Waals surface area (Å²) < 4.78 is 53.9. The van der Waals surface area contributed by atoms with E-state index in [4.69, 9.17) is 5.84 Å². The number of nitrogens with one attached hydrogen (secondary N) is 1. The van der Waals surface area contributed by atoms with E-state index >= 15 is 0 Å². The Morgan fingerprint density at radius 3 is 2.09 bits per heavy atom. The number of alkyl halides is 3. The molecule has 3 N–H and O–H groups in total. The lowest BCUT2D eigenvalue weighted by Gasteiger charge is -2.59. The van der Waals surface area contributed by atoms with Crippen LogP contribution in [0.15, 0.2) is 30.5 Å². The van der Waals surface area contributed by atoms with Gasteiger partial charge in [0.1, 0.15) is 12.7 Å². The molecule has 0 radical (unpaired) electrons. The van der Waals surface area contributed by atoms with Crippen molar-refractivity contribution in [3.05, 3.63) is 36.0 Å². The lowest BCUT2D eigenvalue weighted by molar-refractivity contribution is -0.137. The zero-order valence-electron chi connectivity index (χ0n) is 18.8. The molecule has 4 aliphatic carbocycles. The fraction of sp³-hybridized carbons (Fsp3) is 0.565. The summed E-state index contributed by atoms with van der Waals surface area (Å²) in [6.45, 7) is 3.36. The SMILES string of the molecule is CP(C)(=O)c1ccc(Nc2ncc(C(F)(F)F)c(N(N)C34CC5CC(CC(C5)C3)C4)n2)cc1. The molecule has 4 bridgehead atoms. The standard InChI is InChI=1S/C23H29F3N5OP/c1-33(2,32)18-5-3-17(4-6-18)29-21-28-13-19(23(24,25)26)20(30-21)31(27)22-10-14-7-15(11-22)9-16(8-14)12-22/h3-6,13-16H,7-12,27H2,1-2H3,(H,28,29,30). The van der Waals surface area contributed by atoms with Gasteiger partial charge in [0.15, 0.2) is 5.82 Å². The Labute approximate surface area is 191 Å². The predicted molar refractivity (Wildman–Crippen MR) is 123 cm³/mol. The number of hydrogen-bond donors (Lipinski definition) is 2. The van der Waals surface area contributed by atoms with E-state index in [-0.39, 0.29) is 11.8 Å². The van der Waals surface area contributed by atoms with Gasteiger partial charge < -0.3 is 9.88 Å². The number of hydrogen-bond acceptors (Lipinski definition) is 6. The largest absolute Gasteiger partial charge is 0.421 e. The van der Waals surface area contributed by atoms with E-state index in [0.717, 1.165) is 50.0 Å². The van der Waals surface area contributed by atoms with Crippen LogP contribution in [0.1, 0.15) is 44.1 Å². The summed E-state index contributed by atoms with van der Waals surface area (Å²) in [7, 11) is -2.40. The molecule has 6 rings (SSSR count). The van der Waals surface area contributed by atoms with Gasteiger partial charge in [0.05, 0.1) is 5.54 Å². The Kier molecular flexibility index (Phi) is 5.29. The minimum absolute atomic E-state index is 0.0436. The van der Waals surface area contributed by atoms with Crippen LogP contribution in [0.2, 0.25) is 0 Å². The maximum absolute atomic E-state index is 13.9. The summed E-state index contributed by atoms with van der Waals surface area (Å²) >= 11 is 0. The number of nitrogens with zero attached hydrogens (tertiary/aromatic N) is 3. The normalized spacial score (nSPS) is 28.7. The van der Waals surface area contributed by atoms with Gasteiger partial charge in [0.2, 0.25) is 5.95 Å². The summed E-state index contributed by atoms with van der Waals surface area (Å²) in [6, 6.07) is 6.90. The molecule has 0 aliphatic heterocycles. The highest BCUT2D eigenvalue weighted by Gasteiger charge is 2.54. The van der Waals surface area contributed by atoms with Gasteiger partial charge in [0, 0.05) is 17.2 Å². The fourth-order valence-corrected chi connectivity index (χ4v) is 7.30. The van der Waals surface area contributed by atoms with Crippen LogP contribution in [0.5, 0.6) is 0 Å². The molecule has 0 saturated heterocycles. The first-order chi connectivity index (χ1) is 15.4. The first kappa shape index (κ1) is 22.7. The summed E-state index contributed by atoms with van der Waals surface area (Å²) in [4.78, 5) is 8.19. The molecular weight excluding hydrogens is 450 g/mol. The van der Waals surface area contributed by atoms with Crippen LogP contribution in [-0.4, -0.2) is 28.8 Å². The Morgan fingerprint density at radius 1 is 1.06 bits per heavy atom. The highest BCUT2D eigenvalue weighted by atomic mass is 31.2. The van der Waals surface area contributed by atoms with Crippen LogP contribution in [0, 0.1) is 17.8 Å². The second-order valence-electron chi connectivity index (χ2n) is 10.5. The number of benzene rings is 1. The van der Waals surface area contributed by atoms with E-state index in [2.05, 4.69) is 15.3 Å². The van der Waals surface area contributed by atoms with Gasteiger partial charge in [-0.2, -0.15) is 18.2 Å². The van der Waals surface area contributed by atoms with Crippen LogP contribution in [0.3, 0.4) is 0 Å². The first-order valence-corrected chi connectivity index (χ1v) is 13.9. The van der Waals surface area contributed by atoms with E-state index < -0.39 is 24.4 Å². The third-order valence-electron chi connectivity index (χ3n) is 7.56. The molecule has 4 aliphatic rings. The second-order valence-corrected chi connectivity index (χ2v) is 13.7. The topological polar surface area (TPSA) is 84.1 Å². The zero-order chi connectivity index (χ0) is 23.6. The van der Waals surface area contributed by atoms with Crippen molar-refractivity contribution in [2.45, 2.75) is 50.2 Å². The van der Waals surface area contributed by atoms with Gasteiger partial charge in [-0.1, -0.05) is 0 Å². The molecule has 178 valence electrons. The van der Waals surface area contributed by atoms with Gasteiger partial charge in [-0.15, -0.1) is 0 Å². The molecular formula is C23H29F3N5OP. The fourth-order valence-electron chi connectivity index (χ4n) is 6.43. The average Bonchev–Trinajstić information content (AvgIpc) is 2.71. The second kappa shape index (κ2) is 7.70. The van der Waals surface area contributed by atoms with Crippen LogP contribution in [0.25, 0.3) is 0 Å². The van der Waals surface area contributed by atoms with Crippen molar-refractivity contribution in [2.75, 3.05) is 23.7 Å². The van der Waals surface area contributed by atoms with E-state index in [0.29, 0.717) is 23.4 Å². The third kappa shape index (κ3) is 4.26. The number of nitrogens with two attached hydrogens (primary N) is 1. The van der Waals surface area contributed by atoms with Crippen LogP contribution < -0.4 is 21.5 Å². The van der Waals surface area contributed by atoms with Crippen molar-refractivity contribution in [1.29, 1.82) is 0 Å². The van der Waals surface area contributed by atoms with Crippen molar-refractivity contribution in [3.63, 3.8) is 0 Å². The molecule has 2 aromatic rings. The van der Waals surface area contributed by atoms with E-state index in [1.165, 1.54) is 5.01 Å². The minimum Gasteiger partial charge on any atom is -0.324 e. The zero-order valence-corrected chi connectivity index (χ0v) is 19.7. The molecule has 0 spiro atoms. The lowest BCUT2D eigenvalue weighted by Crippen LogP contribution is -2.63. The maximum Gasteiger partial charge on any atom is 0.421 e. The average molecular weight is 479 g/mol. The monoisotopic (exact) mass is 479 g/mol. The van der Waals surface area contributed by atoms with Crippen LogP contribution in [-0.2, 0) is 10.7 Å². The minimum atomic E-state index is -4.61. The third-order valence-corrected chi connectivity index (χ3v) is 9.11. The van der Waals surface area contributed by atoms with Crippen LogP contribution in [0.4, 0.5) is 30.6 Å². The molecule has 1 heterocycles. The Bertz CT molecular complexity index is 1060. The number of aromatic nitrogens is 2. The number of hydrazine groups is 1. The van der Waals surface area contributed by atoms with Gasteiger partial charge in [-0.3, -0.25) is 5.01 Å². The van der Waals surface area contributed by atoms with Crippen molar-refractivity contribution < 1.29 is 17.7 Å². The highest BCUT2D eigenvalue weighted by Crippen LogP contribution is 2.58. The highest BCUT2D eigenvalue weighted by molar-refractivity contribution is 7.70. The number of rotatable bonds is 5. The van der Waals surface area contributed by atoms with E-state index in [1.54, 1.807) is 37.6 Å². The summed E-state index contributed by atoms with van der Waals surface area (Å²) in [6.07, 6.45) is 2.13. The first-order valence-electron chi connectivity index (χ1n) is 11.3. The van der Waals surface area contributed by atoms with Gasteiger partial charge in [-0.05, 0) is 93.9 Å². The Hall–Kier alpha value is -2.12. The molecule has 1 aromatic heterocycles. The molecule has 1 aromatic carbocycles. The molecule has 33 heavy (non-hydrogen) atoms. The quantitative estimate of drug-likeness (QED) is 0.351. The molecule has 0 atom stereocenters. The van der Waals surface area contributed by atoms with Gasteiger partial charge in [0.25, 0.3) is 0 Å². The molecule has 4 saturated carbocycles. The van der Waals surface area contributed by atoms with Crippen LogP contribution >= 0.6 is 7.14 Å². The van der Waals surface area contributed by atoms with Gasteiger partial charge in [-0.25, -0.2) is 10.8 Å². The molecule has 0 amide bonds. The summed E-state index contributed by atoms with van der Waals surface area (Å²) in [5.41, 5.74) is -0.804. The van der Waals surface area contributed by atoms with Crippen molar-refractivity contribution in [3.8, 4) is 0 Å². The Balaban J connectivity index is 1.47. The molecule has 0 unspecified atom stereocenters. The number of anilines is 3. The number of halogens is 3. The van der Waals surface area contributed by atoms with E-state index in [1.807, 2.05) is 0 Å². The van der Waals surface area contributed by atoms with E-state index in [9.17, 15) is 17.7 Å². The smallest absolute Gasteiger partial charge is 0.324 e. The summed E-state index contributed by atoms with van der Waals surface area (Å²) in [5.74, 6) is 7.87. The predicted octanol–water partition coefficient (Wildman–Crippen LogP) is 5.14. The molecule has 6 nitrogen and oxygen atoms in total. The Morgan fingerprint density at radius 2 is 1.61 bits per heavy atom. The maximum atomic E-state index is 13.9. The van der Waals surface area contributed by atoms with Crippen molar-refractivity contribution in [2.24, 2.45) is 23.6 Å². The van der Waals surface area contributed by atoms with Crippen molar-refractivity contribution >= 4 is 29.9 Å². The summed E-state index contributed by atoms with van der Waals surface area (Å²) in [5, 5.41) is 5.01.